The molecular weight excluding hydrogens is 330 g/mol. The fraction of sp³-hybridized carbons (Fsp3) is 0.480. The Morgan fingerprint density at radius 2 is 1.63 bits per heavy atom. The summed E-state index contributed by atoms with van der Waals surface area (Å²) in [5, 5.41) is 3.64. The molecule has 2 aliphatic rings. The van der Waals surface area contributed by atoms with Crippen molar-refractivity contribution in [3.8, 4) is 0 Å². The van der Waals surface area contributed by atoms with Crippen LogP contribution in [0.5, 0.6) is 0 Å². The summed E-state index contributed by atoms with van der Waals surface area (Å²) < 4.78 is 0. The zero-order valence-electron chi connectivity index (χ0n) is 16.4. The number of carbonyl (C=O) groups excluding carboxylic acids is 1. The highest BCUT2D eigenvalue weighted by atomic mass is 16.1. The Kier molecular flexibility index (Phi) is 5.73. The van der Waals surface area contributed by atoms with Crippen molar-refractivity contribution in [3.63, 3.8) is 0 Å². The van der Waals surface area contributed by atoms with Crippen LogP contribution in [0.15, 0.2) is 48.5 Å². The topological polar surface area (TPSA) is 29.1 Å². The van der Waals surface area contributed by atoms with E-state index in [2.05, 4.69) is 60.8 Å². The number of benzene rings is 2. The minimum Gasteiger partial charge on any atom is -0.314 e. The predicted octanol–water partition coefficient (Wildman–Crippen LogP) is 5.04. The van der Waals surface area contributed by atoms with Crippen LogP contribution in [0.2, 0.25) is 0 Å². The summed E-state index contributed by atoms with van der Waals surface area (Å²) in [6, 6.07) is 17.7. The molecule has 1 saturated heterocycles. The van der Waals surface area contributed by atoms with Gasteiger partial charge in [0, 0.05) is 12.0 Å². The molecule has 1 heterocycles. The normalized spacial score (nSPS) is 22.6. The zero-order chi connectivity index (χ0) is 18.6. The van der Waals surface area contributed by atoms with Crippen LogP contribution >= 0.6 is 0 Å². The van der Waals surface area contributed by atoms with Gasteiger partial charge in [0.15, 0.2) is 0 Å². The van der Waals surface area contributed by atoms with Gasteiger partial charge in [0.2, 0.25) is 0 Å². The Morgan fingerprint density at radius 1 is 1.00 bits per heavy atom. The van der Waals surface area contributed by atoms with Gasteiger partial charge in [0.25, 0.3) is 0 Å². The van der Waals surface area contributed by atoms with Crippen LogP contribution in [0.25, 0.3) is 0 Å². The molecule has 0 aromatic heterocycles. The summed E-state index contributed by atoms with van der Waals surface area (Å²) >= 11 is 0. The summed E-state index contributed by atoms with van der Waals surface area (Å²) in [5.74, 6) is 0.534. The molecule has 142 valence electrons. The van der Waals surface area contributed by atoms with Crippen LogP contribution in [0.4, 0.5) is 0 Å². The molecule has 4 rings (SSSR count). The van der Waals surface area contributed by atoms with Crippen molar-refractivity contribution in [3.05, 3.63) is 70.8 Å². The smallest absolute Gasteiger partial charge is 0.147 e. The molecule has 2 aromatic rings. The van der Waals surface area contributed by atoms with E-state index in [0.29, 0.717) is 11.8 Å². The van der Waals surface area contributed by atoms with Gasteiger partial charge in [-0.1, -0.05) is 68.3 Å². The molecule has 2 heteroatoms. The zero-order valence-corrected chi connectivity index (χ0v) is 16.4. The van der Waals surface area contributed by atoms with Crippen LogP contribution in [0.1, 0.15) is 67.2 Å². The van der Waals surface area contributed by atoms with E-state index in [1.54, 1.807) is 0 Å². The van der Waals surface area contributed by atoms with Gasteiger partial charge in [-0.2, -0.15) is 0 Å². The van der Waals surface area contributed by atoms with Crippen LogP contribution in [0.3, 0.4) is 0 Å². The second kappa shape index (κ2) is 8.39. The van der Waals surface area contributed by atoms with E-state index >= 15 is 0 Å². The Bertz CT molecular complexity index is 749. The molecule has 1 aliphatic carbocycles. The highest BCUT2D eigenvalue weighted by molar-refractivity contribution is 5.92. The first-order chi connectivity index (χ1) is 13.3. The molecule has 0 amide bonds. The highest BCUT2D eigenvalue weighted by Gasteiger charge is 2.35. The maximum absolute atomic E-state index is 13.8. The lowest BCUT2D eigenvalue weighted by atomic mass is 9.76. The first-order valence-corrected chi connectivity index (χ1v) is 10.7. The molecule has 2 nitrogen and oxygen atoms in total. The second-order valence-corrected chi connectivity index (χ2v) is 8.25. The maximum atomic E-state index is 13.8. The minimum atomic E-state index is -0.0881. The summed E-state index contributed by atoms with van der Waals surface area (Å²) in [7, 11) is 0. The van der Waals surface area contributed by atoms with Gasteiger partial charge >= 0.3 is 0 Å². The maximum Gasteiger partial charge on any atom is 0.147 e. The number of rotatable bonds is 5. The molecule has 0 saturated carbocycles. The molecule has 2 atom stereocenters. The average Bonchev–Trinajstić information content (AvgIpc) is 2.89. The fourth-order valence-corrected chi connectivity index (χ4v) is 5.00. The van der Waals surface area contributed by atoms with E-state index in [1.165, 1.54) is 41.5 Å². The molecule has 0 radical (unpaired) electrons. The number of piperidine rings is 1. The SMILES string of the molecule is CCCCC1CC(C(=O)C2c3ccccc3CCc3ccccc32)CCN1. The van der Waals surface area contributed by atoms with E-state index in [1.807, 2.05) is 0 Å². The van der Waals surface area contributed by atoms with E-state index in [9.17, 15) is 4.79 Å². The lowest BCUT2D eigenvalue weighted by molar-refractivity contribution is -0.124. The Morgan fingerprint density at radius 3 is 2.26 bits per heavy atom. The van der Waals surface area contributed by atoms with Gasteiger partial charge in [0.05, 0.1) is 5.92 Å². The van der Waals surface area contributed by atoms with Crippen molar-refractivity contribution in [2.45, 2.75) is 63.8 Å². The summed E-state index contributed by atoms with van der Waals surface area (Å²) in [6.45, 7) is 3.21. The first-order valence-electron chi connectivity index (χ1n) is 10.7. The van der Waals surface area contributed by atoms with Crippen molar-refractivity contribution in [1.82, 2.24) is 5.32 Å². The molecule has 2 unspecified atom stereocenters. The van der Waals surface area contributed by atoms with Gasteiger partial charge in [-0.15, -0.1) is 0 Å². The number of aryl methyl sites for hydroxylation is 2. The van der Waals surface area contributed by atoms with Crippen LogP contribution < -0.4 is 5.32 Å². The molecule has 1 N–H and O–H groups in total. The minimum absolute atomic E-state index is 0.0881. The van der Waals surface area contributed by atoms with Crippen molar-refractivity contribution >= 4 is 5.78 Å². The third kappa shape index (κ3) is 3.87. The monoisotopic (exact) mass is 361 g/mol. The molecule has 2 aromatic carbocycles. The summed E-state index contributed by atoms with van der Waals surface area (Å²) in [5.41, 5.74) is 5.19. The number of ketones is 1. The van der Waals surface area contributed by atoms with E-state index in [0.717, 1.165) is 32.2 Å². The number of nitrogens with one attached hydrogen (secondary N) is 1. The summed E-state index contributed by atoms with van der Waals surface area (Å²) in [4.78, 5) is 13.8. The Labute approximate surface area is 163 Å². The van der Waals surface area contributed by atoms with Crippen LogP contribution in [0, 0.1) is 5.92 Å². The number of fused-ring (bicyclic) bond motifs is 2. The van der Waals surface area contributed by atoms with Gasteiger partial charge in [0.1, 0.15) is 5.78 Å². The molecule has 1 fully saturated rings. The van der Waals surface area contributed by atoms with Crippen molar-refractivity contribution in [2.24, 2.45) is 5.92 Å². The number of Topliss-reactive ketones (excluding diaryl/α,β-unsaturated/α-hetero) is 1. The number of hydrogen-bond donors (Lipinski definition) is 1. The third-order valence-corrected chi connectivity index (χ3v) is 6.48. The fourth-order valence-electron chi connectivity index (χ4n) is 5.00. The lowest BCUT2D eigenvalue weighted by Gasteiger charge is -2.32. The van der Waals surface area contributed by atoms with E-state index < -0.39 is 0 Å². The van der Waals surface area contributed by atoms with Crippen molar-refractivity contribution < 1.29 is 4.79 Å². The standard InChI is InChI=1S/C25H31NO/c1-2-3-10-21-17-20(15-16-26-21)25(27)24-22-11-6-4-8-18(22)13-14-19-9-5-7-12-23(19)24/h4-9,11-12,20-21,24,26H,2-3,10,13-17H2,1H3. The lowest BCUT2D eigenvalue weighted by Crippen LogP contribution is -2.41. The molecule has 0 bridgehead atoms. The van der Waals surface area contributed by atoms with E-state index in [-0.39, 0.29) is 11.8 Å². The summed E-state index contributed by atoms with van der Waals surface area (Å²) in [6.07, 6.45) is 7.69. The number of hydrogen-bond acceptors (Lipinski definition) is 2. The highest BCUT2D eigenvalue weighted by Crippen LogP contribution is 2.38. The first kappa shape index (κ1) is 18.4. The number of carbonyl (C=O) groups is 1. The van der Waals surface area contributed by atoms with E-state index in [4.69, 9.17) is 0 Å². The number of unbranched alkanes of at least 4 members (excludes halogenated alkanes) is 1. The van der Waals surface area contributed by atoms with Crippen molar-refractivity contribution in [2.75, 3.05) is 6.54 Å². The average molecular weight is 362 g/mol. The molecule has 1 aliphatic heterocycles. The van der Waals surface area contributed by atoms with Gasteiger partial charge in [-0.25, -0.2) is 0 Å². The van der Waals surface area contributed by atoms with Gasteiger partial charge in [-0.3, -0.25) is 4.79 Å². The largest absolute Gasteiger partial charge is 0.314 e. The second-order valence-electron chi connectivity index (χ2n) is 8.25. The molecule has 27 heavy (non-hydrogen) atoms. The Balaban J connectivity index is 1.66. The van der Waals surface area contributed by atoms with Crippen molar-refractivity contribution in [1.29, 1.82) is 0 Å². The van der Waals surface area contributed by atoms with Crippen LogP contribution in [-0.4, -0.2) is 18.4 Å². The molecular formula is C25H31NO. The van der Waals surface area contributed by atoms with Crippen LogP contribution in [-0.2, 0) is 17.6 Å². The third-order valence-electron chi connectivity index (χ3n) is 6.48. The van der Waals surface area contributed by atoms with Gasteiger partial charge < -0.3 is 5.32 Å². The Hall–Kier alpha value is -1.93. The quantitative estimate of drug-likeness (QED) is 0.808. The molecule has 0 spiro atoms. The van der Waals surface area contributed by atoms with Gasteiger partial charge in [-0.05, 0) is 60.9 Å². The predicted molar refractivity (Wildman–Crippen MR) is 111 cm³/mol.